The third kappa shape index (κ3) is 2.03. The average Bonchev–Trinajstić information content (AvgIpc) is 2.89. The Morgan fingerprint density at radius 2 is 2.13 bits per heavy atom. The normalized spacial score (nSPS) is 33.5. The minimum Gasteiger partial charge on any atom is -0.359 e. The number of aliphatic imine (C=N–C) groups is 1. The first-order valence-corrected chi connectivity index (χ1v) is 7.25. The first-order valence-electron chi connectivity index (χ1n) is 6.26. The van der Waals surface area contributed by atoms with Crippen molar-refractivity contribution in [2.24, 2.45) is 10.9 Å². The van der Waals surface area contributed by atoms with Gasteiger partial charge in [-0.05, 0) is 38.5 Å². The second-order valence-electron chi connectivity index (χ2n) is 5.41. The highest BCUT2D eigenvalue weighted by Crippen LogP contribution is 2.39. The quantitative estimate of drug-likeness (QED) is 0.780. The second-order valence-corrected chi connectivity index (χ2v) is 6.38. The minimum absolute atomic E-state index is 0.437. The van der Waals surface area contributed by atoms with E-state index in [4.69, 9.17) is 4.99 Å². The Kier molecular flexibility index (Phi) is 2.46. The van der Waals surface area contributed by atoms with Crippen LogP contribution in [0.4, 0.5) is 0 Å². The maximum atomic E-state index is 4.83. The number of thioether (sulfide) groups is 1. The monoisotopic (exact) mass is 224 g/mol. The van der Waals surface area contributed by atoms with E-state index in [1.165, 1.54) is 49.4 Å². The van der Waals surface area contributed by atoms with Crippen LogP contribution in [0.3, 0.4) is 0 Å². The SMILES string of the molecule is CC(N=C1NC2(CCCC2)CS1)C1CC1. The molecule has 0 amide bonds. The van der Waals surface area contributed by atoms with Gasteiger partial charge in [0.25, 0.3) is 0 Å². The van der Waals surface area contributed by atoms with E-state index in [1.807, 2.05) is 11.8 Å². The molecule has 15 heavy (non-hydrogen) atoms. The van der Waals surface area contributed by atoms with E-state index in [-0.39, 0.29) is 0 Å². The molecule has 2 aliphatic carbocycles. The highest BCUT2D eigenvalue weighted by molar-refractivity contribution is 8.14. The molecule has 1 N–H and O–H groups in total. The average molecular weight is 224 g/mol. The Balaban J connectivity index is 1.64. The molecule has 3 rings (SSSR count). The van der Waals surface area contributed by atoms with E-state index < -0.39 is 0 Å². The zero-order chi connectivity index (χ0) is 10.3. The van der Waals surface area contributed by atoms with Crippen LogP contribution in [0.15, 0.2) is 4.99 Å². The number of hydrogen-bond donors (Lipinski definition) is 1. The van der Waals surface area contributed by atoms with Crippen LogP contribution in [0.5, 0.6) is 0 Å². The predicted octanol–water partition coefficient (Wildman–Crippen LogP) is 2.79. The largest absolute Gasteiger partial charge is 0.359 e. The topological polar surface area (TPSA) is 24.4 Å². The molecule has 0 radical (unpaired) electrons. The van der Waals surface area contributed by atoms with Crippen LogP contribution < -0.4 is 5.32 Å². The molecule has 1 saturated heterocycles. The van der Waals surface area contributed by atoms with Crippen LogP contribution in [0, 0.1) is 5.92 Å². The number of rotatable bonds is 2. The van der Waals surface area contributed by atoms with Gasteiger partial charge in [-0.25, -0.2) is 0 Å². The molecule has 84 valence electrons. The summed E-state index contributed by atoms with van der Waals surface area (Å²) in [5.41, 5.74) is 0.437. The first kappa shape index (κ1) is 10.0. The van der Waals surface area contributed by atoms with Crippen LogP contribution in [0.2, 0.25) is 0 Å². The zero-order valence-electron chi connectivity index (χ0n) is 9.46. The lowest BCUT2D eigenvalue weighted by atomic mass is 10.0. The van der Waals surface area contributed by atoms with Gasteiger partial charge in [-0.3, -0.25) is 4.99 Å². The lowest BCUT2D eigenvalue weighted by molar-refractivity contribution is 0.451. The van der Waals surface area contributed by atoms with Crippen molar-refractivity contribution in [3.63, 3.8) is 0 Å². The molecule has 1 heterocycles. The molecule has 0 bridgehead atoms. The Morgan fingerprint density at radius 3 is 2.80 bits per heavy atom. The number of nitrogens with zero attached hydrogens (tertiary/aromatic N) is 1. The van der Waals surface area contributed by atoms with E-state index in [2.05, 4.69) is 12.2 Å². The third-order valence-electron chi connectivity index (χ3n) is 4.04. The van der Waals surface area contributed by atoms with E-state index in [1.54, 1.807) is 0 Å². The van der Waals surface area contributed by atoms with Crippen LogP contribution in [0.1, 0.15) is 45.4 Å². The molecule has 0 aromatic rings. The first-order chi connectivity index (χ1) is 7.27. The number of hydrogen-bond acceptors (Lipinski definition) is 2. The Bertz CT molecular complexity index is 277. The fourth-order valence-electron chi connectivity index (χ4n) is 2.77. The lowest BCUT2D eigenvalue weighted by Crippen LogP contribution is -2.40. The summed E-state index contributed by atoms with van der Waals surface area (Å²) >= 11 is 1.95. The predicted molar refractivity (Wildman–Crippen MR) is 66.4 cm³/mol. The molecule has 1 aliphatic heterocycles. The molecule has 3 fully saturated rings. The molecular formula is C12H20N2S. The second kappa shape index (κ2) is 3.69. The molecule has 1 unspecified atom stereocenters. The molecule has 1 spiro atoms. The summed E-state index contributed by atoms with van der Waals surface area (Å²) < 4.78 is 0. The van der Waals surface area contributed by atoms with Crippen molar-refractivity contribution in [2.75, 3.05) is 5.75 Å². The highest BCUT2D eigenvalue weighted by Gasteiger charge is 2.40. The van der Waals surface area contributed by atoms with Crippen molar-refractivity contribution in [1.82, 2.24) is 5.32 Å². The smallest absolute Gasteiger partial charge is 0.157 e. The summed E-state index contributed by atoms with van der Waals surface area (Å²) in [5, 5.41) is 4.93. The molecular weight excluding hydrogens is 204 g/mol. The van der Waals surface area contributed by atoms with Crippen LogP contribution in [0.25, 0.3) is 0 Å². The van der Waals surface area contributed by atoms with Gasteiger partial charge in [0.15, 0.2) is 5.17 Å². The van der Waals surface area contributed by atoms with Crippen molar-refractivity contribution < 1.29 is 0 Å². The summed E-state index contributed by atoms with van der Waals surface area (Å²) in [6.45, 7) is 2.27. The summed E-state index contributed by atoms with van der Waals surface area (Å²) in [6, 6.07) is 0.552. The number of amidine groups is 1. The Labute approximate surface area is 96.3 Å². The number of nitrogens with one attached hydrogen (secondary N) is 1. The van der Waals surface area contributed by atoms with Crippen molar-refractivity contribution in [3.05, 3.63) is 0 Å². The van der Waals surface area contributed by atoms with Gasteiger partial charge >= 0.3 is 0 Å². The lowest BCUT2D eigenvalue weighted by Gasteiger charge is -2.22. The molecule has 2 saturated carbocycles. The van der Waals surface area contributed by atoms with Crippen molar-refractivity contribution in [3.8, 4) is 0 Å². The summed E-state index contributed by atoms with van der Waals surface area (Å²) in [5.74, 6) is 2.14. The van der Waals surface area contributed by atoms with Gasteiger partial charge in [0, 0.05) is 11.3 Å². The van der Waals surface area contributed by atoms with Gasteiger partial charge in [-0.1, -0.05) is 24.6 Å². The minimum atomic E-state index is 0.437. The fourth-order valence-corrected chi connectivity index (χ4v) is 4.07. The zero-order valence-corrected chi connectivity index (χ0v) is 10.3. The van der Waals surface area contributed by atoms with E-state index in [0.29, 0.717) is 11.6 Å². The third-order valence-corrected chi connectivity index (χ3v) is 5.22. The van der Waals surface area contributed by atoms with Crippen LogP contribution in [-0.4, -0.2) is 22.5 Å². The summed E-state index contributed by atoms with van der Waals surface area (Å²) in [6.07, 6.45) is 8.31. The molecule has 2 nitrogen and oxygen atoms in total. The molecule has 0 aromatic heterocycles. The highest BCUT2D eigenvalue weighted by atomic mass is 32.2. The summed E-state index contributed by atoms with van der Waals surface area (Å²) in [7, 11) is 0. The maximum Gasteiger partial charge on any atom is 0.157 e. The fraction of sp³-hybridized carbons (Fsp3) is 0.917. The van der Waals surface area contributed by atoms with E-state index in [0.717, 1.165) is 5.92 Å². The molecule has 3 aliphatic rings. The standard InChI is InChI=1S/C12H20N2S/c1-9(10-4-5-10)13-11-14-12(8-15-11)6-2-3-7-12/h9-10H,2-8H2,1H3,(H,13,14). The van der Waals surface area contributed by atoms with Gasteiger partial charge in [-0.15, -0.1) is 0 Å². The summed E-state index contributed by atoms with van der Waals surface area (Å²) in [4.78, 5) is 4.83. The van der Waals surface area contributed by atoms with Gasteiger partial charge in [0.05, 0.1) is 6.04 Å². The van der Waals surface area contributed by atoms with Crippen molar-refractivity contribution >= 4 is 16.9 Å². The maximum absolute atomic E-state index is 4.83. The van der Waals surface area contributed by atoms with Crippen molar-refractivity contribution in [2.45, 2.75) is 57.0 Å². The van der Waals surface area contributed by atoms with Crippen molar-refractivity contribution in [1.29, 1.82) is 0 Å². The molecule has 3 heteroatoms. The van der Waals surface area contributed by atoms with E-state index >= 15 is 0 Å². The van der Waals surface area contributed by atoms with Gasteiger partial charge < -0.3 is 5.32 Å². The van der Waals surface area contributed by atoms with Crippen LogP contribution in [-0.2, 0) is 0 Å². The van der Waals surface area contributed by atoms with E-state index in [9.17, 15) is 0 Å². The van der Waals surface area contributed by atoms with Crippen LogP contribution >= 0.6 is 11.8 Å². The molecule has 0 aromatic carbocycles. The van der Waals surface area contributed by atoms with Gasteiger partial charge in [0.2, 0.25) is 0 Å². The van der Waals surface area contributed by atoms with Gasteiger partial charge in [0.1, 0.15) is 0 Å². The van der Waals surface area contributed by atoms with Gasteiger partial charge in [-0.2, -0.15) is 0 Å². The molecule has 1 atom stereocenters. The Morgan fingerprint density at radius 1 is 1.40 bits per heavy atom. The Hall–Kier alpha value is -0.180.